The number of hydrogen-bond acceptors (Lipinski definition) is 4. The third kappa shape index (κ3) is 4.97. The average Bonchev–Trinajstić information content (AvgIpc) is 3.44. The summed E-state index contributed by atoms with van der Waals surface area (Å²) in [5, 5.41) is 3.56. The van der Waals surface area contributed by atoms with Crippen molar-refractivity contribution in [3.05, 3.63) is 106 Å². The summed E-state index contributed by atoms with van der Waals surface area (Å²) in [6.45, 7) is 4.85. The Kier molecular flexibility index (Phi) is 6.62. The zero-order valence-electron chi connectivity index (χ0n) is 20.0. The van der Waals surface area contributed by atoms with Gasteiger partial charge in [0, 0.05) is 25.2 Å². The number of anilines is 1. The minimum atomic E-state index is -0.160. The minimum Gasteiger partial charge on any atom is -0.351 e. The zero-order chi connectivity index (χ0) is 24.2. The van der Waals surface area contributed by atoms with E-state index < -0.39 is 0 Å². The van der Waals surface area contributed by atoms with Crippen molar-refractivity contribution in [2.45, 2.75) is 32.2 Å². The van der Waals surface area contributed by atoms with E-state index >= 15 is 0 Å². The molecule has 6 heteroatoms. The molecule has 1 N–H and O–H groups in total. The maximum absolute atomic E-state index is 13.6. The van der Waals surface area contributed by atoms with Crippen LogP contribution in [0.25, 0.3) is 10.9 Å². The van der Waals surface area contributed by atoms with Gasteiger partial charge in [-0.1, -0.05) is 67.6 Å². The number of amides is 1. The third-order valence-electron chi connectivity index (χ3n) is 6.71. The van der Waals surface area contributed by atoms with Crippen LogP contribution in [0.3, 0.4) is 0 Å². The number of rotatable bonds is 7. The minimum absolute atomic E-state index is 0.0783. The van der Waals surface area contributed by atoms with Crippen LogP contribution in [0, 0.1) is 0 Å². The Morgan fingerprint density at radius 1 is 0.971 bits per heavy atom. The molecule has 0 spiro atoms. The van der Waals surface area contributed by atoms with E-state index in [1.165, 1.54) is 5.56 Å². The molecule has 35 heavy (non-hydrogen) atoms. The fraction of sp³-hybridized carbons (Fsp3) is 0.276. The van der Waals surface area contributed by atoms with Gasteiger partial charge in [-0.2, -0.15) is 0 Å². The lowest BCUT2D eigenvalue weighted by Gasteiger charge is -2.22. The second-order valence-corrected chi connectivity index (χ2v) is 9.24. The van der Waals surface area contributed by atoms with E-state index in [1.807, 2.05) is 48.5 Å². The SMILES string of the molecule is C[C@H](CNC(=O)c1ccc2c(=O)n(Cc3ccccc3)c(N3CCCC3)nc2c1)c1ccccc1. The Morgan fingerprint density at radius 3 is 2.37 bits per heavy atom. The summed E-state index contributed by atoms with van der Waals surface area (Å²) in [6.07, 6.45) is 2.17. The molecule has 178 valence electrons. The number of aromatic nitrogens is 2. The maximum atomic E-state index is 13.6. The summed E-state index contributed by atoms with van der Waals surface area (Å²) < 4.78 is 1.77. The molecule has 5 rings (SSSR count). The van der Waals surface area contributed by atoms with Crippen LogP contribution in [0.1, 0.15) is 47.2 Å². The monoisotopic (exact) mass is 466 g/mol. The van der Waals surface area contributed by atoms with Gasteiger partial charge in [0.05, 0.1) is 17.4 Å². The molecule has 1 amide bonds. The van der Waals surface area contributed by atoms with Gasteiger partial charge in [-0.15, -0.1) is 0 Å². The second kappa shape index (κ2) is 10.1. The van der Waals surface area contributed by atoms with Gasteiger partial charge in [-0.3, -0.25) is 14.2 Å². The van der Waals surface area contributed by atoms with Crippen LogP contribution >= 0.6 is 0 Å². The first kappa shape index (κ1) is 22.8. The van der Waals surface area contributed by atoms with Crippen molar-refractivity contribution in [2.75, 3.05) is 24.5 Å². The number of carbonyl (C=O) groups excluding carboxylic acids is 1. The summed E-state index contributed by atoms with van der Waals surface area (Å²) >= 11 is 0. The van der Waals surface area contributed by atoms with Crippen molar-refractivity contribution < 1.29 is 4.79 Å². The van der Waals surface area contributed by atoms with Crippen molar-refractivity contribution in [2.24, 2.45) is 0 Å². The smallest absolute Gasteiger partial charge is 0.263 e. The molecular formula is C29H30N4O2. The van der Waals surface area contributed by atoms with Crippen molar-refractivity contribution >= 4 is 22.8 Å². The number of fused-ring (bicyclic) bond motifs is 1. The summed E-state index contributed by atoms with van der Waals surface area (Å²) in [7, 11) is 0. The van der Waals surface area contributed by atoms with Gasteiger partial charge in [-0.05, 0) is 48.1 Å². The molecule has 0 unspecified atom stereocenters. The standard InChI is InChI=1S/C29H30N4O2/c1-21(23-12-6-3-7-13-23)19-30-27(34)24-14-15-25-26(18-24)31-29(32-16-8-9-17-32)33(28(25)35)20-22-10-4-2-5-11-22/h2-7,10-15,18,21H,8-9,16-17,19-20H2,1H3,(H,30,34)/t21-/m1/s1. The molecule has 1 aromatic heterocycles. The van der Waals surface area contributed by atoms with Gasteiger partial charge in [0.2, 0.25) is 5.95 Å². The van der Waals surface area contributed by atoms with E-state index in [4.69, 9.17) is 4.98 Å². The lowest BCUT2D eigenvalue weighted by Crippen LogP contribution is -2.32. The van der Waals surface area contributed by atoms with Gasteiger partial charge in [0.25, 0.3) is 11.5 Å². The van der Waals surface area contributed by atoms with Gasteiger partial charge >= 0.3 is 0 Å². The molecule has 2 heterocycles. The molecular weight excluding hydrogens is 436 g/mol. The summed E-state index contributed by atoms with van der Waals surface area (Å²) in [4.78, 5) is 33.6. The van der Waals surface area contributed by atoms with Crippen LogP contribution in [0.5, 0.6) is 0 Å². The van der Waals surface area contributed by atoms with Crippen molar-refractivity contribution in [3.63, 3.8) is 0 Å². The van der Waals surface area contributed by atoms with E-state index in [0.717, 1.165) is 31.5 Å². The van der Waals surface area contributed by atoms with Crippen LogP contribution in [0.15, 0.2) is 83.7 Å². The van der Waals surface area contributed by atoms with Crippen molar-refractivity contribution in [3.8, 4) is 0 Å². The molecule has 4 aromatic rings. The van der Waals surface area contributed by atoms with Crippen LogP contribution < -0.4 is 15.8 Å². The molecule has 3 aromatic carbocycles. The lowest BCUT2D eigenvalue weighted by molar-refractivity contribution is 0.0951. The predicted molar refractivity (Wildman–Crippen MR) is 140 cm³/mol. The van der Waals surface area contributed by atoms with Crippen LogP contribution in [-0.4, -0.2) is 35.1 Å². The fourth-order valence-corrected chi connectivity index (χ4v) is 4.66. The molecule has 0 bridgehead atoms. The summed E-state index contributed by atoms with van der Waals surface area (Å²) in [5.41, 5.74) is 3.23. The predicted octanol–water partition coefficient (Wildman–Crippen LogP) is 4.58. The molecule has 0 saturated carbocycles. The second-order valence-electron chi connectivity index (χ2n) is 9.24. The fourth-order valence-electron chi connectivity index (χ4n) is 4.66. The van der Waals surface area contributed by atoms with E-state index in [9.17, 15) is 9.59 Å². The average molecular weight is 467 g/mol. The third-order valence-corrected chi connectivity index (χ3v) is 6.71. The molecule has 1 atom stereocenters. The molecule has 6 nitrogen and oxygen atoms in total. The Hall–Kier alpha value is -3.93. The summed E-state index contributed by atoms with van der Waals surface area (Å²) in [6, 6.07) is 25.3. The Bertz CT molecular complexity index is 1380. The summed E-state index contributed by atoms with van der Waals surface area (Å²) in [5.74, 6) is 0.720. The maximum Gasteiger partial charge on any atom is 0.263 e. The van der Waals surface area contributed by atoms with E-state index in [-0.39, 0.29) is 17.4 Å². The topological polar surface area (TPSA) is 67.2 Å². The van der Waals surface area contributed by atoms with Crippen LogP contribution in [0.2, 0.25) is 0 Å². The largest absolute Gasteiger partial charge is 0.351 e. The lowest BCUT2D eigenvalue weighted by atomic mass is 10.0. The zero-order valence-corrected chi connectivity index (χ0v) is 20.0. The van der Waals surface area contributed by atoms with Gasteiger partial charge in [0.1, 0.15) is 0 Å². The number of nitrogens with one attached hydrogen (secondary N) is 1. The molecule has 0 radical (unpaired) electrons. The van der Waals surface area contributed by atoms with Crippen LogP contribution in [-0.2, 0) is 6.54 Å². The molecule has 0 aliphatic carbocycles. The number of hydrogen-bond donors (Lipinski definition) is 1. The molecule has 1 fully saturated rings. The van der Waals surface area contributed by atoms with Crippen molar-refractivity contribution in [1.29, 1.82) is 0 Å². The first-order chi connectivity index (χ1) is 17.1. The van der Waals surface area contributed by atoms with E-state index in [1.54, 1.807) is 22.8 Å². The first-order valence-corrected chi connectivity index (χ1v) is 12.3. The quantitative estimate of drug-likeness (QED) is 0.433. The first-order valence-electron chi connectivity index (χ1n) is 12.3. The van der Waals surface area contributed by atoms with Gasteiger partial charge in [-0.25, -0.2) is 4.98 Å². The van der Waals surface area contributed by atoms with E-state index in [0.29, 0.717) is 35.5 Å². The van der Waals surface area contributed by atoms with Crippen molar-refractivity contribution in [1.82, 2.24) is 14.9 Å². The Balaban J connectivity index is 1.44. The number of carbonyl (C=O) groups is 1. The number of nitrogens with zero attached hydrogens (tertiary/aromatic N) is 3. The Labute approximate surface area is 205 Å². The molecule has 1 saturated heterocycles. The molecule has 1 aliphatic rings. The van der Waals surface area contributed by atoms with Gasteiger partial charge in [0.15, 0.2) is 0 Å². The highest BCUT2D eigenvalue weighted by atomic mass is 16.1. The highest BCUT2D eigenvalue weighted by Crippen LogP contribution is 2.22. The highest BCUT2D eigenvalue weighted by Gasteiger charge is 2.21. The van der Waals surface area contributed by atoms with Gasteiger partial charge < -0.3 is 10.2 Å². The Morgan fingerprint density at radius 2 is 1.66 bits per heavy atom. The highest BCUT2D eigenvalue weighted by molar-refractivity contribution is 5.97. The number of benzene rings is 3. The van der Waals surface area contributed by atoms with E-state index in [2.05, 4.69) is 29.3 Å². The van der Waals surface area contributed by atoms with Crippen LogP contribution in [0.4, 0.5) is 5.95 Å². The normalized spacial score (nSPS) is 14.3. The molecule has 1 aliphatic heterocycles.